The first kappa shape index (κ1) is 12.5. The highest BCUT2D eigenvalue weighted by Gasteiger charge is 2.38. The van der Waals surface area contributed by atoms with E-state index < -0.39 is 0 Å². The van der Waals surface area contributed by atoms with Gasteiger partial charge in [-0.3, -0.25) is 9.88 Å². The summed E-state index contributed by atoms with van der Waals surface area (Å²) in [6, 6.07) is 6.02. The van der Waals surface area contributed by atoms with Gasteiger partial charge in [-0.25, -0.2) is 0 Å². The minimum atomic E-state index is 0.00622. The molecule has 1 fully saturated rings. The number of nitrogens with zero attached hydrogens (tertiary/aromatic N) is 2. The van der Waals surface area contributed by atoms with Gasteiger partial charge in [-0.2, -0.15) is 0 Å². The van der Waals surface area contributed by atoms with Crippen LogP contribution in [0.3, 0.4) is 0 Å². The van der Waals surface area contributed by atoms with Crippen LogP contribution < -0.4 is 5.73 Å². The van der Waals surface area contributed by atoms with Crippen LogP contribution in [0.1, 0.15) is 19.0 Å². The molecule has 2 N–H and O–H groups in total. The maximum absolute atomic E-state index is 5.96. The molecule has 94 valence electrons. The Morgan fingerprint density at radius 1 is 1.53 bits per heavy atom. The molecule has 0 aliphatic carbocycles. The number of pyridine rings is 1. The summed E-state index contributed by atoms with van der Waals surface area (Å²) in [6.07, 6.45) is 2.85. The van der Waals surface area contributed by atoms with Crippen LogP contribution in [0.15, 0.2) is 24.4 Å². The number of hydrogen-bond acceptors (Lipinski definition) is 4. The van der Waals surface area contributed by atoms with Gasteiger partial charge in [-0.05, 0) is 25.1 Å². The Hall–Kier alpha value is -0.970. The van der Waals surface area contributed by atoms with Crippen LogP contribution in [0.4, 0.5) is 0 Å². The van der Waals surface area contributed by atoms with Gasteiger partial charge in [0.05, 0.1) is 17.8 Å². The van der Waals surface area contributed by atoms with E-state index in [2.05, 4.69) is 22.9 Å². The summed E-state index contributed by atoms with van der Waals surface area (Å²) < 4.78 is 5.53. The molecule has 1 aliphatic heterocycles. The minimum absolute atomic E-state index is 0.00622. The van der Waals surface area contributed by atoms with Crippen molar-refractivity contribution in [3.63, 3.8) is 0 Å². The van der Waals surface area contributed by atoms with Gasteiger partial charge in [-0.1, -0.05) is 13.0 Å². The summed E-state index contributed by atoms with van der Waals surface area (Å²) >= 11 is 0. The van der Waals surface area contributed by atoms with E-state index >= 15 is 0 Å². The fourth-order valence-electron chi connectivity index (χ4n) is 2.44. The summed E-state index contributed by atoms with van der Waals surface area (Å²) in [5, 5.41) is 0. The molecule has 1 unspecified atom stereocenters. The van der Waals surface area contributed by atoms with E-state index in [-0.39, 0.29) is 5.54 Å². The fraction of sp³-hybridized carbons (Fsp3) is 0.615. The fourth-order valence-corrected chi connectivity index (χ4v) is 2.44. The molecule has 1 aromatic rings. The highest BCUT2D eigenvalue weighted by molar-refractivity contribution is 5.05. The molecule has 1 saturated heterocycles. The van der Waals surface area contributed by atoms with Crippen molar-refractivity contribution < 1.29 is 4.74 Å². The first-order valence-corrected chi connectivity index (χ1v) is 6.23. The lowest BCUT2D eigenvalue weighted by Gasteiger charge is -2.38. The Kier molecular flexibility index (Phi) is 4.10. The third-order valence-corrected chi connectivity index (χ3v) is 3.59. The number of nitrogens with two attached hydrogens (primary N) is 1. The van der Waals surface area contributed by atoms with Crippen LogP contribution in [0.25, 0.3) is 0 Å². The number of aromatic nitrogens is 1. The van der Waals surface area contributed by atoms with Gasteiger partial charge >= 0.3 is 0 Å². The van der Waals surface area contributed by atoms with Crippen molar-refractivity contribution in [3.8, 4) is 0 Å². The van der Waals surface area contributed by atoms with E-state index in [1.165, 1.54) is 0 Å². The molecule has 2 rings (SSSR count). The van der Waals surface area contributed by atoms with Crippen LogP contribution in [0.5, 0.6) is 0 Å². The second-order valence-corrected chi connectivity index (χ2v) is 4.57. The molecule has 1 aromatic heterocycles. The Balaban J connectivity index is 2.10. The SMILES string of the molecule is CCN(Cc1ccccn1)C1(CN)CCOC1. The lowest BCUT2D eigenvalue weighted by Crippen LogP contribution is -2.54. The van der Waals surface area contributed by atoms with Gasteiger partial charge < -0.3 is 10.5 Å². The third-order valence-electron chi connectivity index (χ3n) is 3.59. The summed E-state index contributed by atoms with van der Waals surface area (Å²) in [5.41, 5.74) is 7.05. The smallest absolute Gasteiger partial charge is 0.0663 e. The summed E-state index contributed by atoms with van der Waals surface area (Å²) in [6.45, 7) is 6.18. The molecule has 0 radical (unpaired) electrons. The number of ether oxygens (including phenoxy) is 1. The number of hydrogen-bond donors (Lipinski definition) is 1. The largest absolute Gasteiger partial charge is 0.379 e. The van der Waals surface area contributed by atoms with Gasteiger partial charge in [0.1, 0.15) is 0 Å². The zero-order valence-electron chi connectivity index (χ0n) is 10.4. The van der Waals surface area contributed by atoms with Gasteiger partial charge in [0.25, 0.3) is 0 Å². The van der Waals surface area contributed by atoms with Crippen LogP contribution in [0.2, 0.25) is 0 Å². The maximum Gasteiger partial charge on any atom is 0.0663 e. The molecular weight excluding hydrogens is 214 g/mol. The second kappa shape index (κ2) is 5.58. The molecule has 1 atom stereocenters. The van der Waals surface area contributed by atoms with E-state index in [1.807, 2.05) is 18.3 Å². The van der Waals surface area contributed by atoms with Crippen molar-refractivity contribution >= 4 is 0 Å². The average molecular weight is 235 g/mol. The predicted molar refractivity (Wildman–Crippen MR) is 67.5 cm³/mol. The molecule has 0 spiro atoms. The van der Waals surface area contributed by atoms with Crippen molar-refractivity contribution in [2.75, 3.05) is 26.3 Å². The van der Waals surface area contributed by atoms with Crippen LogP contribution >= 0.6 is 0 Å². The molecule has 0 aromatic carbocycles. The molecular formula is C13H21N3O. The van der Waals surface area contributed by atoms with E-state index in [0.29, 0.717) is 6.54 Å². The van der Waals surface area contributed by atoms with Crippen LogP contribution in [-0.4, -0.2) is 41.7 Å². The van der Waals surface area contributed by atoms with Gasteiger partial charge in [0.2, 0.25) is 0 Å². The standard InChI is InChI=1S/C13H21N3O/c1-2-16(9-12-5-3-4-7-15-12)13(10-14)6-8-17-11-13/h3-5,7H,2,6,8-11,14H2,1H3. The molecule has 4 nitrogen and oxygen atoms in total. The van der Waals surface area contributed by atoms with E-state index in [9.17, 15) is 0 Å². The Bertz CT molecular complexity index is 336. The van der Waals surface area contributed by atoms with Crippen molar-refractivity contribution in [1.29, 1.82) is 0 Å². The lowest BCUT2D eigenvalue weighted by atomic mass is 9.96. The number of likely N-dealkylation sites (N-methyl/N-ethyl adjacent to an activating group) is 1. The Morgan fingerprint density at radius 2 is 2.41 bits per heavy atom. The predicted octanol–water partition coefficient (Wildman–Crippen LogP) is 1.02. The topological polar surface area (TPSA) is 51.4 Å². The monoisotopic (exact) mass is 235 g/mol. The van der Waals surface area contributed by atoms with E-state index in [4.69, 9.17) is 10.5 Å². The van der Waals surface area contributed by atoms with Gasteiger partial charge in [-0.15, -0.1) is 0 Å². The quantitative estimate of drug-likeness (QED) is 0.828. The molecule has 0 saturated carbocycles. The molecule has 0 bridgehead atoms. The normalized spacial score (nSPS) is 24.4. The second-order valence-electron chi connectivity index (χ2n) is 4.57. The van der Waals surface area contributed by atoms with Crippen molar-refractivity contribution in [3.05, 3.63) is 30.1 Å². The minimum Gasteiger partial charge on any atom is -0.379 e. The maximum atomic E-state index is 5.96. The molecule has 2 heterocycles. The molecule has 0 amide bonds. The first-order chi connectivity index (χ1) is 8.30. The zero-order chi connectivity index (χ0) is 12.1. The first-order valence-electron chi connectivity index (χ1n) is 6.23. The molecule has 1 aliphatic rings. The van der Waals surface area contributed by atoms with E-state index in [1.54, 1.807) is 0 Å². The third kappa shape index (κ3) is 2.65. The lowest BCUT2D eigenvalue weighted by molar-refractivity contribution is 0.0689. The van der Waals surface area contributed by atoms with Crippen molar-refractivity contribution in [2.24, 2.45) is 5.73 Å². The van der Waals surface area contributed by atoms with Crippen LogP contribution in [0, 0.1) is 0 Å². The van der Waals surface area contributed by atoms with Gasteiger partial charge in [0.15, 0.2) is 0 Å². The van der Waals surface area contributed by atoms with E-state index in [0.717, 1.165) is 38.4 Å². The zero-order valence-corrected chi connectivity index (χ0v) is 10.4. The molecule has 17 heavy (non-hydrogen) atoms. The summed E-state index contributed by atoms with van der Waals surface area (Å²) in [7, 11) is 0. The summed E-state index contributed by atoms with van der Waals surface area (Å²) in [4.78, 5) is 6.77. The number of rotatable bonds is 5. The highest BCUT2D eigenvalue weighted by atomic mass is 16.5. The van der Waals surface area contributed by atoms with Crippen molar-refractivity contribution in [2.45, 2.75) is 25.4 Å². The molecule has 4 heteroatoms. The van der Waals surface area contributed by atoms with Gasteiger partial charge in [0, 0.05) is 25.9 Å². The average Bonchev–Trinajstić information content (AvgIpc) is 2.87. The van der Waals surface area contributed by atoms with Crippen molar-refractivity contribution in [1.82, 2.24) is 9.88 Å². The van der Waals surface area contributed by atoms with Crippen LogP contribution in [-0.2, 0) is 11.3 Å². The highest BCUT2D eigenvalue weighted by Crippen LogP contribution is 2.26. The summed E-state index contributed by atoms with van der Waals surface area (Å²) in [5.74, 6) is 0. The Labute approximate surface area is 103 Å². The Morgan fingerprint density at radius 3 is 2.94 bits per heavy atom.